The van der Waals surface area contributed by atoms with Crippen LogP contribution in [0.4, 0.5) is 0 Å². The lowest BCUT2D eigenvalue weighted by Crippen LogP contribution is -2.14. The highest BCUT2D eigenvalue weighted by atomic mass is 16.1. The molecule has 0 saturated heterocycles. The minimum Gasteiger partial charge on any atom is -0.313 e. The van der Waals surface area contributed by atoms with Crippen LogP contribution in [0.15, 0.2) is 17.2 Å². The van der Waals surface area contributed by atoms with E-state index in [1.807, 2.05) is 0 Å². The molecule has 1 N–H and O–H groups in total. The van der Waals surface area contributed by atoms with Crippen LogP contribution in [0.3, 0.4) is 0 Å². The first-order chi connectivity index (χ1) is 5.47. The number of nitrogens with one attached hydrogen (secondary N) is 1. The molecule has 3 nitrogen and oxygen atoms in total. The van der Waals surface area contributed by atoms with E-state index in [1.54, 1.807) is 6.07 Å². The molecule has 0 unspecified atom stereocenters. The summed E-state index contributed by atoms with van der Waals surface area (Å²) >= 11 is 0. The molecule has 0 bridgehead atoms. The van der Waals surface area contributed by atoms with Crippen molar-refractivity contribution in [3.05, 3.63) is 28.4 Å². The molecule has 1 aromatic rings. The summed E-state index contributed by atoms with van der Waals surface area (Å²) in [6.45, 7) is 6.36. The molecule has 12 heavy (non-hydrogen) atoms. The summed E-state index contributed by atoms with van der Waals surface area (Å²) in [6.07, 6.45) is 2.28. The van der Waals surface area contributed by atoms with Gasteiger partial charge in [0.25, 0.3) is 5.56 Å². The summed E-state index contributed by atoms with van der Waals surface area (Å²) < 4.78 is 0. The standard InChI is InChI=1S/C9H14N2O/c1-9(2,3)5-7-4-8(12)11-6-10-7/h4,6H,5H2,1-3H3,(H,10,11,12). The topological polar surface area (TPSA) is 45.8 Å². The Labute approximate surface area is 71.9 Å². The van der Waals surface area contributed by atoms with E-state index in [2.05, 4.69) is 30.7 Å². The van der Waals surface area contributed by atoms with Crippen LogP contribution in [0.5, 0.6) is 0 Å². The number of rotatable bonds is 1. The molecule has 1 aromatic heterocycles. The second-order valence-electron chi connectivity index (χ2n) is 4.14. The number of nitrogens with zero attached hydrogens (tertiary/aromatic N) is 1. The summed E-state index contributed by atoms with van der Waals surface area (Å²) in [6, 6.07) is 1.55. The van der Waals surface area contributed by atoms with Gasteiger partial charge in [0.2, 0.25) is 0 Å². The highest BCUT2D eigenvalue weighted by molar-refractivity contribution is 5.00. The first-order valence-electron chi connectivity index (χ1n) is 4.01. The van der Waals surface area contributed by atoms with Gasteiger partial charge < -0.3 is 4.98 Å². The van der Waals surface area contributed by atoms with Crippen LogP contribution in [0.1, 0.15) is 26.5 Å². The van der Waals surface area contributed by atoms with Gasteiger partial charge in [-0.1, -0.05) is 20.8 Å². The van der Waals surface area contributed by atoms with E-state index in [1.165, 1.54) is 6.33 Å². The lowest BCUT2D eigenvalue weighted by Gasteiger charge is -2.16. The predicted molar refractivity (Wildman–Crippen MR) is 48.0 cm³/mol. The van der Waals surface area contributed by atoms with Gasteiger partial charge in [-0.05, 0) is 11.8 Å². The van der Waals surface area contributed by atoms with Crippen molar-refractivity contribution in [2.24, 2.45) is 5.41 Å². The van der Waals surface area contributed by atoms with Gasteiger partial charge in [-0.15, -0.1) is 0 Å². The van der Waals surface area contributed by atoms with Crippen molar-refractivity contribution < 1.29 is 0 Å². The molecular weight excluding hydrogens is 152 g/mol. The van der Waals surface area contributed by atoms with Crippen molar-refractivity contribution in [2.75, 3.05) is 0 Å². The van der Waals surface area contributed by atoms with Crippen LogP contribution in [0.2, 0.25) is 0 Å². The van der Waals surface area contributed by atoms with Crippen LogP contribution in [0, 0.1) is 5.41 Å². The van der Waals surface area contributed by atoms with Gasteiger partial charge in [0.1, 0.15) is 0 Å². The van der Waals surface area contributed by atoms with Gasteiger partial charge in [0.15, 0.2) is 0 Å². The van der Waals surface area contributed by atoms with Crippen LogP contribution < -0.4 is 5.56 Å². The molecule has 1 rings (SSSR count). The van der Waals surface area contributed by atoms with Crippen LogP contribution in [0.25, 0.3) is 0 Å². The van der Waals surface area contributed by atoms with E-state index in [4.69, 9.17) is 0 Å². The van der Waals surface area contributed by atoms with Crippen LogP contribution in [-0.2, 0) is 6.42 Å². The highest BCUT2D eigenvalue weighted by Crippen LogP contribution is 2.17. The molecule has 0 amide bonds. The van der Waals surface area contributed by atoms with Crippen LogP contribution in [-0.4, -0.2) is 9.97 Å². The molecule has 0 fully saturated rings. The molecule has 1 heterocycles. The third-order valence-corrected chi connectivity index (χ3v) is 1.45. The first kappa shape index (κ1) is 8.97. The van der Waals surface area contributed by atoms with Gasteiger partial charge >= 0.3 is 0 Å². The van der Waals surface area contributed by atoms with Crippen molar-refractivity contribution in [1.29, 1.82) is 0 Å². The molecule has 0 saturated carbocycles. The fourth-order valence-corrected chi connectivity index (χ4v) is 1.05. The summed E-state index contributed by atoms with van der Waals surface area (Å²) in [7, 11) is 0. The van der Waals surface area contributed by atoms with E-state index in [-0.39, 0.29) is 11.0 Å². The number of aromatic nitrogens is 2. The third-order valence-electron chi connectivity index (χ3n) is 1.45. The molecule has 0 radical (unpaired) electrons. The van der Waals surface area contributed by atoms with Gasteiger partial charge in [-0.2, -0.15) is 0 Å². The smallest absolute Gasteiger partial charge is 0.250 e. The number of hydrogen-bond acceptors (Lipinski definition) is 2. The average Bonchev–Trinajstić information content (AvgIpc) is 1.82. The minimum absolute atomic E-state index is 0.0794. The maximum absolute atomic E-state index is 10.9. The van der Waals surface area contributed by atoms with Gasteiger partial charge in [-0.25, -0.2) is 4.98 Å². The molecular formula is C9H14N2O. The van der Waals surface area contributed by atoms with Gasteiger partial charge in [-0.3, -0.25) is 4.79 Å². The summed E-state index contributed by atoms with van der Waals surface area (Å²) in [5.74, 6) is 0. The SMILES string of the molecule is CC(C)(C)Cc1cc(=O)[nH]cn1. The molecule has 0 aliphatic rings. The molecule has 0 aromatic carbocycles. The fraction of sp³-hybridized carbons (Fsp3) is 0.556. The lowest BCUT2D eigenvalue weighted by atomic mass is 9.90. The Morgan fingerprint density at radius 3 is 2.67 bits per heavy atom. The van der Waals surface area contributed by atoms with Crippen LogP contribution >= 0.6 is 0 Å². The third kappa shape index (κ3) is 2.86. The zero-order valence-corrected chi connectivity index (χ0v) is 7.72. The van der Waals surface area contributed by atoms with E-state index in [0.29, 0.717) is 0 Å². The monoisotopic (exact) mass is 166 g/mol. The van der Waals surface area contributed by atoms with Gasteiger partial charge in [0, 0.05) is 11.8 Å². The summed E-state index contributed by atoms with van der Waals surface area (Å²) in [5.41, 5.74) is 0.955. The Bertz CT molecular complexity index is 309. The van der Waals surface area contributed by atoms with E-state index < -0.39 is 0 Å². The molecule has 0 spiro atoms. The maximum atomic E-state index is 10.9. The van der Waals surface area contributed by atoms with Crippen molar-refractivity contribution in [1.82, 2.24) is 9.97 Å². The van der Waals surface area contributed by atoms with Gasteiger partial charge in [0.05, 0.1) is 6.33 Å². The number of aromatic amines is 1. The number of H-pyrrole nitrogens is 1. The largest absolute Gasteiger partial charge is 0.313 e. The Morgan fingerprint density at radius 2 is 2.17 bits per heavy atom. The first-order valence-corrected chi connectivity index (χ1v) is 4.01. The summed E-state index contributed by atoms with van der Waals surface area (Å²) in [5, 5.41) is 0. The normalized spacial score (nSPS) is 11.6. The van der Waals surface area contributed by atoms with E-state index in [0.717, 1.165) is 12.1 Å². The fourth-order valence-electron chi connectivity index (χ4n) is 1.05. The summed E-state index contributed by atoms with van der Waals surface area (Å²) in [4.78, 5) is 17.4. The molecule has 0 aliphatic carbocycles. The Balaban J connectivity index is 2.84. The number of hydrogen-bond donors (Lipinski definition) is 1. The van der Waals surface area contributed by atoms with E-state index in [9.17, 15) is 4.79 Å². The zero-order chi connectivity index (χ0) is 9.19. The van der Waals surface area contributed by atoms with Crippen molar-refractivity contribution in [2.45, 2.75) is 27.2 Å². The average molecular weight is 166 g/mol. The molecule has 0 aliphatic heterocycles. The molecule has 3 heteroatoms. The lowest BCUT2D eigenvalue weighted by molar-refractivity contribution is 0.406. The molecule has 66 valence electrons. The maximum Gasteiger partial charge on any atom is 0.250 e. The van der Waals surface area contributed by atoms with E-state index >= 15 is 0 Å². The Morgan fingerprint density at radius 1 is 1.50 bits per heavy atom. The van der Waals surface area contributed by atoms with Crippen molar-refractivity contribution >= 4 is 0 Å². The predicted octanol–water partition coefficient (Wildman–Crippen LogP) is 1.36. The highest BCUT2D eigenvalue weighted by Gasteiger charge is 2.11. The quantitative estimate of drug-likeness (QED) is 0.684. The molecule has 0 atom stereocenters. The zero-order valence-electron chi connectivity index (χ0n) is 7.72. The second kappa shape index (κ2) is 3.09. The Kier molecular flexibility index (Phi) is 2.31. The Hall–Kier alpha value is -1.12. The second-order valence-corrected chi connectivity index (χ2v) is 4.14. The van der Waals surface area contributed by atoms with Crippen molar-refractivity contribution in [3.8, 4) is 0 Å². The minimum atomic E-state index is -0.0794. The van der Waals surface area contributed by atoms with Crippen molar-refractivity contribution in [3.63, 3.8) is 0 Å².